The summed E-state index contributed by atoms with van der Waals surface area (Å²) in [5.74, 6) is 0.687. The summed E-state index contributed by atoms with van der Waals surface area (Å²) in [6, 6.07) is 8.36. The van der Waals surface area contributed by atoms with Crippen molar-refractivity contribution >= 4 is 10.1 Å². The van der Waals surface area contributed by atoms with Gasteiger partial charge >= 0.3 is 0 Å². The molecule has 0 N–H and O–H groups in total. The van der Waals surface area contributed by atoms with E-state index in [-0.39, 0.29) is 5.75 Å². The van der Waals surface area contributed by atoms with E-state index in [4.69, 9.17) is 4.74 Å². The Bertz CT molecular complexity index is 626. The lowest BCUT2D eigenvalue weighted by Gasteiger charge is -2.30. The molecule has 1 aromatic rings. The number of aryl methyl sites for hydroxylation is 1. The summed E-state index contributed by atoms with van der Waals surface area (Å²) in [4.78, 5) is 0. The van der Waals surface area contributed by atoms with Crippen LogP contribution in [0.25, 0.3) is 0 Å². The SMILES string of the molecule is COc1ccc(CCCCCCCCC[N+](C)(C)CCCCS(=O)(=O)[O-])cc1. The maximum absolute atomic E-state index is 10.6. The molecule has 0 fully saturated rings. The number of quaternary nitrogens is 1. The van der Waals surface area contributed by atoms with Gasteiger partial charge in [0.25, 0.3) is 0 Å². The lowest BCUT2D eigenvalue weighted by Crippen LogP contribution is -2.41. The Morgan fingerprint density at radius 3 is 1.86 bits per heavy atom. The van der Waals surface area contributed by atoms with E-state index >= 15 is 0 Å². The summed E-state index contributed by atoms with van der Waals surface area (Å²) in [7, 11) is 2.01. The van der Waals surface area contributed by atoms with Crippen LogP contribution in [0.1, 0.15) is 63.4 Å². The number of nitrogens with zero attached hydrogens (tertiary/aromatic N) is 1. The van der Waals surface area contributed by atoms with Gasteiger partial charge in [0.15, 0.2) is 0 Å². The monoisotopic (exact) mass is 413 g/mol. The molecule has 1 aromatic carbocycles. The van der Waals surface area contributed by atoms with Crippen molar-refractivity contribution < 1.29 is 22.2 Å². The molecule has 28 heavy (non-hydrogen) atoms. The standard InChI is InChI=1S/C22H39NO4S/c1-23(2,19-11-12-20-28(24,25)26)18-10-8-6-4-5-7-9-13-21-14-16-22(27-3)17-15-21/h14-17H,4-13,18-20H2,1-3H3. The van der Waals surface area contributed by atoms with Crippen LogP contribution in [-0.2, 0) is 16.5 Å². The van der Waals surface area contributed by atoms with Gasteiger partial charge in [-0.25, -0.2) is 8.42 Å². The number of unbranched alkanes of at least 4 members (excludes halogenated alkanes) is 7. The van der Waals surface area contributed by atoms with Crippen molar-refractivity contribution in [2.45, 2.75) is 64.2 Å². The Morgan fingerprint density at radius 2 is 1.32 bits per heavy atom. The minimum absolute atomic E-state index is 0.231. The maximum Gasteiger partial charge on any atom is 0.118 e. The van der Waals surface area contributed by atoms with Crippen LogP contribution >= 0.6 is 0 Å². The normalized spacial score (nSPS) is 12.3. The molecule has 0 amide bonds. The molecular formula is C22H39NO4S. The van der Waals surface area contributed by atoms with Crippen LogP contribution in [0.5, 0.6) is 5.75 Å². The van der Waals surface area contributed by atoms with Gasteiger partial charge in [0.2, 0.25) is 0 Å². The van der Waals surface area contributed by atoms with E-state index in [1.165, 1.54) is 50.5 Å². The molecule has 0 radical (unpaired) electrons. The van der Waals surface area contributed by atoms with Crippen LogP contribution in [0, 0.1) is 0 Å². The van der Waals surface area contributed by atoms with Crippen molar-refractivity contribution in [3.63, 3.8) is 0 Å². The average Bonchev–Trinajstić information content (AvgIpc) is 2.63. The molecule has 0 spiro atoms. The van der Waals surface area contributed by atoms with Crippen LogP contribution in [0.15, 0.2) is 24.3 Å². The molecule has 162 valence electrons. The van der Waals surface area contributed by atoms with Gasteiger partial charge in [-0.2, -0.15) is 0 Å². The molecule has 0 saturated heterocycles. The van der Waals surface area contributed by atoms with Gasteiger partial charge < -0.3 is 13.8 Å². The third kappa shape index (κ3) is 13.1. The predicted octanol–water partition coefficient (Wildman–Crippen LogP) is 4.37. The van der Waals surface area contributed by atoms with Gasteiger partial charge in [0.05, 0.1) is 44.4 Å². The molecule has 0 aliphatic rings. The highest BCUT2D eigenvalue weighted by Crippen LogP contribution is 2.15. The minimum Gasteiger partial charge on any atom is -0.748 e. The van der Waals surface area contributed by atoms with E-state index in [0.29, 0.717) is 6.42 Å². The number of hydrogen-bond acceptors (Lipinski definition) is 4. The second-order valence-corrected chi connectivity index (χ2v) is 9.95. The highest BCUT2D eigenvalue weighted by molar-refractivity contribution is 7.85. The largest absolute Gasteiger partial charge is 0.748 e. The molecule has 0 unspecified atom stereocenters. The van der Waals surface area contributed by atoms with E-state index in [2.05, 4.69) is 26.2 Å². The average molecular weight is 414 g/mol. The molecule has 0 atom stereocenters. The summed E-state index contributed by atoms with van der Waals surface area (Å²) < 4.78 is 38.0. The van der Waals surface area contributed by atoms with Crippen LogP contribution in [0.2, 0.25) is 0 Å². The van der Waals surface area contributed by atoms with Gasteiger partial charge in [-0.05, 0) is 56.2 Å². The Kier molecular flexibility index (Phi) is 11.7. The van der Waals surface area contributed by atoms with E-state index < -0.39 is 10.1 Å². The van der Waals surface area contributed by atoms with Crippen molar-refractivity contribution in [2.75, 3.05) is 40.0 Å². The first-order chi connectivity index (χ1) is 13.2. The third-order valence-electron chi connectivity index (χ3n) is 5.30. The summed E-state index contributed by atoms with van der Waals surface area (Å²) >= 11 is 0. The predicted molar refractivity (Wildman–Crippen MR) is 115 cm³/mol. The van der Waals surface area contributed by atoms with E-state index in [1.807, 2.05) is 12.1 Å². The molecule has 0 aliphatic heterocycles. The first-order valence-corrected chi connectivity index (χ1v) is 12.2. The van der Waals surface area contributed by atoms with Crippen molar-refractivity contribution in [3.8, 4) is 5.75 Å². The molecule has 0 heterocycles. The highest BCUT2D eigenvalue weighted by Gasteiger charge is 2.13. The van der Waals surface area contributed by atoms with Gasteiger partial charge in [-0.3, -0.25) is 0 Å². The fourth-order valence-corrected chi connectivity index (χ4v) is 4.03. The molecule has 0 bridgehead atoms. The molecule has 0 aromatic heterocycles. The molecule has 0 saturated carbocycles. The Balaban J connectivity index is 1.97. The van der Waals surface area contributed by atoms with Gasteiger partial charge in [0, 0.05) is 5.75 Å². The first kappa shape index (κ1) is 24.9. The molecule has 0 aliphatic carbocycles. The van der Waals surface area contributed by atoms with E-state index in [9.17, 15) is 13.0 Å². The summed E-state index contributed by atoms with van der Waals surface area (Å²) in [5, 5.41) is 0. The Hall–Kier alpha value is -1.11. The molecular weight excluding hydrogens is 374 g/mol. The van der Waals surface area contributed by atoms with Crippen molar-refractivity contribution in [1.29, 1.82) is 0 Å². The Morgan fingerprint density at radius 1 is 0.821 bits per heavy atom. The molecule has 5 nitrogen and oxygen atoms in total. The first-order valence-electron chi connectivity index (χ1n) is 10.6. The number of hydrogen-bond donors (Lipinski definition) is 0. The summed E-state index contributed by atoms with van der Waals surface area (Å²) in [5.41, 5.74) is 1.38. The zero-order valence-electron chi connectivity index (χ0n) is 18.0. The number of benzene rings is 1. The number of methoxy groups -OCH3 is 1. The van der Waals surface area contributed by atoms with Crippen LogP contribution < -0.4 is 4.74 Å². The smallest absolute Gasteiger partial charge is 0.118 e. The van der Waals surface area contributed by atoms with Crippen molar-refractivity contribution in [3.05, 3.63) is 29.8 Å². The number of rotatable bonds is 16. The lowest BCUT2D eigenvalue weighted by atomic mass is 10.0. The van der Waals surface area contributed by atoms with Gasteiger partial charge in [-0.15, -0.1) is 0 Å². The summed E-state index contributed by atoms with van der Waals surface area (Å²) in [6.07, 6.45) is 11.3. The third-order valence-corrected chi connectivity index (χ3v) is 6.08. The minimum atomic E-state index is -4.06. The quantitative estimate of drug-likeness (QED) is 0.229. The lowest BCUT2D eigenvalue weighted by molar-refractivity contribution is -0.890. The van der Waals surface area contributed by atoms with E-state index in [1.54, 1.807) is 7.11 Å². The molecule has 1 rings (SSSR count). The van der Waals surface area contributed by atoms with Gasteiger partial charge in [0.1, 0.15) is 5.75 Å². The zero-order valence-corrected chi connectivity index (χ0v) is 18.8. The fraction of sp³-hybridized carbons (Fsp3) is 0.727. The van der Waals surface area contributed by atoms with Gasteiger partial charge in [-0.1, -0.05) is 37.8 Å². The highest BCUT2D eigenvalue weighted by atomic mass is 32.2. The van der Waals surface area contributed by atoms with Crippen molar-refractivity contribution in [2.24, 2.45) is 0 Å². The topological polar surface area (TPSA) is 66.4 Å². The summed E-state index contributed by atoms with van der Waals surface area (Å²) in [6.45, 7) is 2.04. The second kappa shape index (κ2) is 13.2. The van der Waals surface area contributed by atoms with Crippen LogP contribution in [0.3, 0.4) is 0 Å². The van der Waals surface area contributed by atoms with Crippen LogP contribution in [0.4, 0.5) is 0 Å². The zero-order chi connectivity index (χ0) is 20.9. The maximum atomic E-state index is 10.6. The van der Waals surface area contributed by atoms with Crippen LogP contribution in [-0.4, -0.2) is 57.5 Å². The second-order valence-electron chi connectivity index (χ2n) is 8.42. The van der Waals surface area contributed by atoms with E-state index in [0.717, 1.165) is 36.2 Å². The molecule has 6 heteroatoms. The Labute approximate surface area is 172 Å². The van der Waals surface area contributed by atoms with Crippen molar-refractivity contribution in [1.82, 2.24) is 0 Å². The fourth-order valence-electron chi connectivity index (χ4n) is 3.48. The number of ether oxygens (including phenoxy) is 1.